The number of hydrogen-bond donors (Lipinski definition) is 1. The summed E-state index contributed by atoms with van der Waals surface area (Å²) in [7, 11) is 1.66. The van der Waals surface area contributed by atoms with Gasteiger partial charge in [-0.3, -0.25) is 5.41 Å². The quantitative estimate of drug-likeness (QED) is 0.649. The zero-order chi connectivity index (χ0) is 18.1. The summed E-state index contributed by atoms with van der Waals surface area (Å²) >= 11 is 6.08. The van der Waals surface area contributed by atoms with Crippen LogP contribution in [0.2, 0.25) is 5.02 Å². The fraction of sp³-hybridized carbons (Fsp3) is 0.136. The lowest BCUT2D eigenvalue weighted by Gasteiger charge is -2.50. The lowest BCUT2D eigenvalue weighted by Crippen LogP contribution is -2.53. The highest BCUT2D eigenvalue weighted by molar-refractivity contribution is 6.30. The minimum absolute atomic E-state index is 0.00212. The first-order valence-electron chi connectivity index (χ1n) is 8.52. The van der Waals surface area contributed by atoms with Crippen LogP contribution in [-0.4, -0.2) is 12.9 Å². The van der Waals surface area contributed by atoms with E-state index in [1.165, 1.54) is 0 Å². The molecule has 0 saturated carbocycles. The molecule has 0 radical (unpaired) electrons. The normalized spacial score (nSPS) is 19.2. The highest BCUT2D eigenvalue weighted by Crippen LogP contribution is 2.51. The standard InChI is InChI=1S/C22H19ClN2O/c1-26-19-10-6-5-9-18(19)25-21(16-11-13-17(23)14-12-16)20(22(25)24)15-7-3-2-4-8-15/h2-14,20-21,24H,1H3. The molecule has 0 spiro atoms. The van der Waals surface area contributed by atoms with Gasteiger partial charge in [0.1, 0.15) is 11.6 Å². The topological polar surface area (TPSA) is 36.3 Å². The molecular weight excluding hydrogens is 344 g/mol. The molecule has 130 valence electrons. The molecule has 1 aliphatic heterocycles. The van der Waals surface area contributed by atoms with E-state index in [1.54, 1.807) is 7.11 Å². The second kappa shape index (κ2) is 6.85. The van der Waals surface area contributed by atoms with Crippen molar-refractivity contribution in [3.63, 3.8) is 0 Å². The third-order valence-electron chi connectivity index (χ3n) is 4.86. The van der Waals surface area contributed by atoms with Gasteiger partial charge in [0.25, 0.3) is 0 Å². The molecule has 1 aliphatic rings. The molecule has 3 nitrogen and oxygen atoms in total. The van der Waals surface area contributed by atoms with E-state index >= 15 is 0 Å². The van der Waals surface area contributed by atoms with Crippen LogP contribution < -0.4 is 9.64 Å². The number of methoxy groups -OCH3 is 1. The molecule has 0 aliphatic carbocycles. The van der Waals surface area contributed by atoms with Crippen molar-refractivity contribution in [2.24, 2.45) is 0 Å². The highest BCUT2D eigenvalue weighted by atomic mass is 35.5. The summed E-state index contributed by atoms with van der Waals surface area (Å²) in [6, 6.07) is 26.0. The maximum Gasteiger partial charge on any atom is 0.142 e. The molecule has 0 bridgehead atoms. The molecule has 2 unspecified atom stereocenters. The Balaban J connectivity index is 1.81. The van der Waals surface area contributed by atoms with Crippen molar-refractivity contribution < 1.29 is 4.74 Å². The van der Waals surface area contributed by atoms with Crippen molar-refractivity contribution in [2.45, 2.75) is 12.0 Å². The summed E-state index contributed by atoms with van der Waals surface area (Å²) < 4.78 is 5.54. The van der Waals surface area contributed by atoms with Crippen molar-refractivity contribution in [1.82, 2.24) is 0 Å². The van der Waals surface area contributed by atoms with Gasteiger partial charge >= 0.3 is 0 Å². The molecule has 1 N–H and O–H groups in total. The average molecular weight is 363 g/mol. The van der Waals surface area contributed by atoms with E-state index in [4.69, 9.17) is 21.7 Å². The average Bonchev–Trinajstić information content (AvgIpc) is 2.68. The summed E-state index contributed by atoms with van der Waals surface area (Å²) in [4.78, 5) is 2.04. The summed E-state index contributed by atoms with van der Waals surface area (Å²) in [5, 5.41) is 9.47. The number of benzene rings is 3. The van der Waals surface area contributed by atoms with Gasteiger partial charge < -0.3 is 9.64 Å². The van der Waals surface area contributed by atoms with Crippen LogP contribution in [-0.2, 0) is 0 Å². The van der Waals surface area contributed by atoms with Crippen molar-refractivity contribution in [3.05, 3.63) is 95.0 Å². The lowest BCUT2D eigenvalue weighted by atomic mass is 9.77. The third kappa shape index (κ3) is 2.74. The maximum absolute atomic E-state index is 8.76. The molecule has 0 aromatic heterocycles. The van der Waals surface area contributed by atoms with E-state index in [-0.39, 0.29) is 12.0 Å². The molecule has 2 atom stereocenters. The Kier molecular flexibility index (Phi) is 4.39. The summed E-state index contributed by atoms with van der Waals surface area (Å²) in [6.45, 7) is 0. The van der Waals surface area contributed by atoms with Gasteiger partial charge in [0.15, 0.2) is 0 Å². The second-order valence-corrected chi connectivity index (χ2v) is 6.75. The minimum atomic E-state index is 0.00212. The molecule has 1 heterocycles. The first kappa shape index (κ1) is 16.7. The van der Waals surface area contributed by atoms with Gasteiger partial charge in [-0.25, -0.2) is 0 Å². The monoisotopic (exact) mass is 362 g/mol. The molecule has 4 rings (SSSR count). The van der Waals surface area contributed by atoms with Crippen molar-refractivity contribution in [1.29, 1.82) is 5.41 Å². The van der Waals surface area contributed by atoms with Gasteiger partial charge in [0.05, 0.1) is 24.8 Å². The number of nitrogens with one attached hydrogen (secondary N) is 1. The fourth-order valence-corrected chi connectivity index (χ4v) is 3.75. The van der Waals surface area contributed by atoms with E-state index in [0.29, 0.717) is 10.9 Å². The smallest absolute Gasteiger partial charge is 0.142 e. The van der Waals surface area contributed by atoms with Gasteiger partial charge in [-0.05, 0) is 35.4 Å². The van der Waals surface area contributed by atoms with E-state index in [1.807, 2.05) is 71.6 Å². The number of amidine groups is 1. The predicted octanol–water partition coefficient (Wildman–Crippen LogP) is 5.67. The van der Waals surface area contributed by atoms with Gasteiger partial charge in [0, 0.05) is 5.02 Å². The molecular formula is C22H19ClN2O. The molecule has 1 saturated heterocycles. The van der Waals surface area contributed by atoms with Crippen LogP contribution in [0.3, 0.4) is 0 Å². The molecule has 3 aromatic rings. The van der Waals surface area contributed by atoms with Crippen LogP contribution in [0.25, 0.3) is 0 Å². The van der Waals surface area contributed by atoms with Gasteiger partial charge in [0.2, 0.25) is 0 Å². The molecule has 3 aromatic carbocycles. The maximum atomic E-state index is 8.76. The van der Waals surface area contributed by atoms with Gasteiger partial charge in [-0.2, -0.15) is 0 Å². The summed E-state index contributed by atoms with van der Waals surface area (Å²) in [5.74, 6) is 1.34. The SMILES string of the molecule is COc1ccccc1N1C(=N)C(c2ccccc2)C1c1ccc(Cl)cc1. The summed E-state index contributed by atoms with van der Waals surface area (Å²) in [5.41, 5.74) is 3.18. The molecule has 1 fully saturated rings. The van der Waals surface area contributed by atoms with E-state index in [0.717, 1.165) is 22.6 Å². The Morgan fingerprint density at radius 1 is 0.846 bits per heavy atom. The van der Waals surface area contributed by atoms with E-state index < -0.39 is 0 Å². The van der Waals surface area contributed by atoms with E-state index in [2.05, 4.69) is 12.1 Å². The second-order valence-electron chi connectivity index (χ2n) is 6.31. The van der Waals surface area contributed by atoms with Gasteiger partial charge in [-0.15, -0.1) is 0 Å². The Morgan fingerprint density at radius 2 is 1.50 bits per heavy atom. The largest absolute Gasteiger partial charge is 0.495 e. The number of para-hydroxylation sites is 2. The predicted molar refractivity (Wildman–Crippen MR) is 107 cm³/mol. The van der Waals surface area contributed by atoms with Crippen molar-refractivity contribution in [3.8, 4) is 5.75 Å². The molecule has 26 heavy (non-hydrogen) atoms. The van der Waals surface area contributed by atoms with Crippen LogP contribution in [0, 0.1) is 5.41 Å². The number of nitrogens with zero attached hydrogens (tertiary/aromatic N) is 1. The van der Waals surface area contributed by atoms with Crippen LogP contribution in [0.5, 0.6) is 5.75 Å². The summed E-state index contributed by atoms with van der Waals surface area (Å²) in [6.07, 6.45) is 0. The Morgan fingerprint density at radius 3 is 2.19 bits per heavy atom. The number of hydrogen-bond acceptors (Lipinski definition) is 2. The number of rotatable bonds is 4. The Labute approximate surface area is 158 Å². The zero-order valence-corrected chi connectivity index (χ0v) is 15.1. The molecule has 4 heteroatoms. The van der Waals surface area contributed by atoms with Crippen LogP contribution >= 0.6 is 11.6 Å². The van der Waals surface area contributed by atoms with Crippen LogP contribution in [0.15, 0.2) is 78.9 Å². The first-order valence-corrected chi connectivity index (χ1v) is 8.89. The number of anilines is 1. The minimum Gasteiger partial charge on any atom is -0.495 e. The van der Waals surface area contributed by atoms with Gasteiger partial charge in [-0.1, -0.05) is 66.2 Å². The van der Waals surface area contributed by atoms with Crippen LogP contribution in [0.1, 0.15) is 23.1 Å². The third-order valence-corrected chi connectivity index (χ3v) is 5.11. The lowest BCUT2D eigenvalue weighted by molar-refractivity contribution is 0.412. The first-order chi connectivity index (χ1) is 12.7. The van der Waals surface area contributed by atoms with Crippen molar-refractivity contribution >= 4 is 23.1 Å². The van der Waals surface area contributed by atoms with Crippen LogP contribution in [0.4, 0.5) is 5.69 Å². The Bertz CT molecular complexity index is 924. The molecule has 0 amide bonds. The Hall–Kier alpha value is -2.78. The number of ether oxygens (including phenoxy) is 1. The van der Waals surface area contributed by atoms with E-state index in [9.17, 15) is 0 Å². The highest BCUT2D eigenvalue weighted by Gasteiger charge is 2.47. The number of halogens is 1. The zero-order valence-electron chi connectivity index (χ0n) is 14.4. The van der Waals surface area contributed by atoms with Crippen molar-refractivity contribution in [2.75, 3.05) is 12.0 Å². The fourth-order valence-electron chi connectivity index (χ4n) is 3.63.